The van der Waals surface area contributed by atoms with Gasteiger partial charge in [0.2, 0.25) is 5.91 Å². The van der Waals surface area contributed by atoms with E-state index in [-0.39, 0.29) is 24.3 Å². The third-order valence-electron chi connectivity index (χ3n) is 5.40. The fourth-order valence-electron chi connectivity index (χ4n) is 3.36. The summed E-state index contributed by atoms with van der Waals surface area (Å²) in [7, 11) is 1.61. The fraction of sp³-hybridized carbons (Fsp3) is 0.462. The number of methoxy groups -OCH3 is 1. The second-order valence-corrected chi connectivity index (χ2v) is 8.17. The second-order valence-electron chi connectivity index (χ2n) is 8.17. The monoisotopic (exact) mass is 440 g/mol. The number of amides is 2. The Labute approximate surface area is 191 Å². The molecule has 2 aromatic rings. The van der Waals surface area contributed by atoms with E-state index in [1.807, 2.05) is 48.5 Å². The van der Waals surface area contributed by atoms with Gasteiger partial charge in [-0.05, 0) is 48.6 Å². The van der Waals surface area contributed by atoms with Crippen molar-refractivity contribution in [2.45, 2.75) is 59.0 Å². The molecule has 32 heavy (non-hydrogen) atoms. The largest absolute Gasteiger partial charge is 0.497 e. The summed E-state index contributed by atoms with van der Waals surface area (Å²) in [4.78, 5) is 27.5. The zero-order valence-electron chi connectivity index (χ0n) is 19.9. The van der Waals surface area contributed by atoms with Gasteiger partial charge in [0.1, 0.15) is 17.5 Å². The molecule has 0 saturated carbocycles. The molecule has 0 aliphatic rings. The zero-order valence-corrected chi connectivity index (χ0v) is 19.9. The smallest absolute Gasteiger partial charge is 0.261 e. The van der Waals surface area contributed by atoms with Crippen LogP contribution in [-0.4, -0.2) is 43.0 Å². The van der Waals surface area contributed by atoms with Gasteiger partial charge >= 0.3 is 0 Å². The van der Waals surface area contributed by atoms with E-state index in [0.29, 0.717) is 18.8 Å². The minimum Gasteiger partial charge on any atom is -0.497 e. The molecule has 0 spiro atoms. The molecule has 1 atom stereocenters. The van der Waals surface area contributed by atoms with Crippen LogP contribution in [0, 0.1) is 0 Å². The molecule has 0 saturated heterocycles. The lowest BCUT2D eigenvalue weighted by Crippen LogP contribution is -2.49. The molecule has 0 aromatic heterocycles. The van der Waals surface area contributed by atoms with Crippen LogP contribution < -0.4 is 14.8 Å². The van der Waals surface area contributed by atoms with Gasteiger partial charge in [0, 0.05) is 13.1 Å². The molecule has 0 aliphatic heterocycles. The lowest BCUT2D eigenvalue weighted by molar-refractivity contribution is -0.142. The number of hydrogen-bond donors (Lipinski definition) is 1. The van der Waals surface area contributed by atoms with Crippen molar-refractivity contribution in [1.29, 1.82) is 0 Å². The topological polar surface area (TPSA) is 67.9 Å². The van der Waals surface area contributed by atoms with Gasteiger partial charge in [-0.15, -0.1) is 0 Å². The Morgan fingerprint density at radius 1 is 1.03 bits per heavy atom. The molecular weight excluding hydrogens is 404 g/mol. The molecule has 2 rings (SSSR count). The van der Waals surface area contributed by atoms with Crippen LogP contribution in [0.2, 0.25) is 0 Å². The van der Waals surface area contributed by atoms with Crippen LogP contribution in [0.25, 0.3) is 0 Å². The second kappa shape index (κ2) is 12.7. The van der Waals surface area contributed by atoms with Gasteiger partial charge in [-0.2, -0.15) is 0 Å². The first-order valence-corrected chi connectivity index (χ1v) is 11.3. The number of unbranched alkanes of at least 4 members (excludes halogenated alkanes) is 1. The minimum absolute atomic E-state index is 0.132. The highest BCUT2D eigenvalue weighted by Gasteiger charge is 2.26. The lowest BCUT2D eigenvalue weighted by atomic mass is 10.0. The van der Waals surface area contributed by atoms with Crippen LogP contribution in [-0.2, 0) is 16.1 Å². The number of carbonyl (C=O) groups is 2. The molecule has 2 amide bonds. The quantitative estimate of drug-likeness (QED) is 0.493. The van der Waals surface area contributed by atoms with Crippen molar-refractivity contribution in [2.24, 2.45) is 0 Å². The van der Waals surface area contributed by atoms with Gasteiger partial charge in [0.25, 0.3) is 5.91 Å². The lowest BCUT2D eigenvalue weighted by Gasteiger charge is -2.29. The van der Waals surface area contributed by atoms with Crippen molar-refractivity contribution in [3.8, 4) is 11.5 Å². The summed E-state index contributed by atoms with van der Waals surface area (Å²) in [6.45, 7) is 8.77. The maximum Gasteiger partial charge on any atom is 0.261 e. The third-order valence-corrected chi connectivity index (χ3v) is 5.40. The highest BCUT2D eigenvalue weighted by atomic mass is 16.5. The summed E-state index contributed by atoms with van der Waals surface area (Å²) < 4.78 is 11.1. The molecule has 0 bridgehead atoms. The standard InChI is InChI=1S/C26H36N2O4/c1-6-7-16-27-26(30)20(4)28(17-21-12-14-22(31-5)15-13-21)25(29)18-32-24-11-9-8-10-23(24)19(2)3/h8-15,19-20H,6-7,16-18H2,1-5H3,(H,27,30). The molecule has 0 heterocycles. The van der Waals surface area contributed by atoms with Crippen LogP contribution >= 0.6 is 0 Å². The molecule has 6 heteroatoms. The molecule has 6 nitrogen and oxygen atoms in total. The number of benzene rings is 2. The van der Waals surface area contributed by atoms with E-state index < -0.39 is 6.04 Å². The zero-order chi connectivity index (χ0) is 23.5. The van der Waals surface area contributed by atoms with Gasteiger partial charge in [-0.1, -0.05) is 57.5 Å². The number of para-hydroxylation sites is 1. The maximum atomic E-state index is 13.2. The number of hydrogen-bond acceptors (Lipinski definition) is 4. The molecule has 0 aliphatic carbocycles. The van der Waals surface area contributed by atoms with E-state index in [2.05, 4.69) is 26.1 Å². The highest BCUT2D eigenvalue weighted by molar-refractivity contribution is 5.88. The van der Waals surface area contributed by atoms with Gasteiger partial charge in [0.05, 0.1) is 7.11 Å². The van der Waals surface area contributed by atoms with E-state index in [9.17, 15) is 9.59 Å². The van der Waals surface area contributed by atoms with E-state index in [1.165, 1.54) is 0 Å². The normalized spacial score (nSPS) is 11.7. The molecule has 1 N–H and O–H groups in total. The van der Waals surface area contributed by atoms with Crippen molar-refractivity contribution in [3.05, 3.63) is 59.7 Å². The van der Waals surface area contributed by atoms with Crippen LogP contribution in [0.15, 0.2) is 48.5 Å². The summed E-state index contributed by atoms with van der Waals surface area (Å²) in [5.41, 5.74) is 1.96. The van der Waals surface area contributed by atoms with E-state index in [1.54, 1.807) is 18.9 Å². The highest BCUT2D eigenvalue weighted by Crippen LogP contribution is 2.26. The molecular formula is C26H36N2O4. The summed E-state index contributed by atoms with van der Waals surface area (Å²) in [6, 6.07) is 14.6. The Kier molecular flexibility index (Phi) is 10.1. The Morgan fingerprint density at radius 2 is 1.72 bits per heavy atom. The van der Waals surface area contributed by atoms with Gasteiger partial charge in [-0.3, -0.25) is 9.59 Å². The predicted molar refractivity (Wildman–Crippen MR) is 127 cm³/mol. The number of nitrogens with zero attached hydrogens (tertiary/aromatic N) is 1. The Hall–Kier alpha value is -3.02. The third kappa shape index (κ3) is 7.29. The van der Waals surface area contributed by atoms with E-state index in [0.717, 1.165) is 29.7 Å². The minimum atomic E-state index is -0.620. The Morgan fingerprint density at radius 3 is 2.34 bits per heavy atom. The molecule has 1 unspecified atom stereocenters. The number of nitrogens with one attached hydrogen (secondary N) is 1. The average Bonchev–Trinajstić information content (AvgIpc) is 2.81. The van der Waals surface area contributed by atoms with Crippen molar-refractivity contribution >= 4 is 11.8 Å². The van der Waals surface area contributed by atoms with Crippen LogP contribution in [0.3, 0.4) is 0 Å². The summed E-state index contributed by atoms with van der Waals surface area (Å²) in [6.07, 6.45) is 1.90. The maximum absolute atomic E-state index is 13.2. The fourth-order valence-corrected chi connectivity index (χ4v) is 3.36. The number of ether oxygens (including phenoxy) is 2. The van der Waals surface area contributed by atoms with Crippen molar-refractivity contribution in [3.63, 3.8) is 0 Å². The van der Waals surface area contributed by atoms with E-state index in [4.69, 9.17) is 9.47 Å². The summed E-state index contributed by atoms with van der Waals surface area (Å²) in [5, 5.41) is 2.93. The van der Waals surface area contributed by atoms with Crippen molar-refractivity contribution < 1.29 is 19.1 Å². The average molecular weight is 441 g/mol. The van der Waals surface area contributed by atoms with Crippen molar-refractivity contribution in [1.82, 2.24) is 10.2 Å². The predicted octanol–water partition coefficient (Wildman–Crippen LogP) is 4.53. The first-order chi connectivity index (χ1) is 15.4. The number of rotatable bonds is 12. The first kappa shape index (κ1) is 25.2. The Bertz CT molecular complexity index is 864. The van der Waals surface area contributed by atoms with Gasteiger partial charge < -0.3 is 19.7 Å². The van der Waals surface area contributed by atoms with Gasteiger partial charge in [-0.25, -0.2) is 0 Å². The van der Waals surface area contributed by atoms with Crippen LogP contribution in [0.4, 0.5) is 0 Å². The summed E-state index contributed by atoms with van der Waals surface area (Å²) >= 11 is 0. The van der Waals surface area contributed by atoms with Crippen LogP contribution in [0.5, 0.6) is 11.5 Å². The molecule has 2 aromatic carbocycles. The van der Waals surface area contributed by atoms with Crippen molar-refractivity contribution in [2.75, 3.05) is 20.3 Å². The van der Waals surface area contributed by atoms with Crippen LogP contribution in [0.1, 0.15) is 57.6 Å². The Balaban J connectivity index is 2.16. The molecule has 0 fully saturated rings. The summed E-state index contributed by atoms with van der Waals surface area (Å²) in [5.74, 6) is 1.31. The SMILES string of the molecule is CCCCNC(=O)C(C)N(Cc1ccc(OC)cc1)C(=O)COc1ccccc1C(C)C. The molecule has 0 radical (unpaired) electrons. The van der Waals surface area contributed by atoms with E-state index >= 15 is 0 Å². The molecule has 174 valence electrons. The first-order valence-electron chi connectivity index (χ1n) is 11.3. The number of carbonyl (C=O) groups excluding carboxylic acids is 2. The van der Waals surface area contributed by atoms with Gasteiger partial charge in [0.15, 0.2) is 6.61 Å².